The molecular formula is C15H14BrNO2. The Balaban J connectivity index is 2.36. The van der Waals surface area contributed by atoms with E-state index in [4.69, 9.17) is 4.98 Å². The molecule has 1 aromatic carbocycles. The molecular weight excluding hydrogens is 306 g/mol. The molecule has 2 aromatic rings. The minimum atomic E-state index is -0.880. The molecule has 1 saturated carbocycles. The Morgan fingerprint density at radius 3 is 2.74 bits per heavy atom. The maximum atomic E-state index is 11.5. The molecule has 0 bridgehead atoms. The van der Waals surface area contributed by atoms with Crippen LogP contribution in [0.3, 0.4) is 0 Å². The summed E-state index contributed by atoms with van der Waals surface area (Å²) in [7, 11) is 0. The topological polar surface area (TPSA) is 50.2 Å². The van der Waals surface area contributed by atoms with Gasteiger partial charge in [0.1, 0.15) is 0 Å². The third-order valence-corrected chi connectivity index (χ3v) is 4.04. The molecule has 0 aliphatic heterocycles. The fourth-order valence-corrected chi connectivity index (χ4v) is 2.92. The van der Waals surface area contributed by atoms with Crippen molar-refractivity contribution in [3.8, 4) is 0 Å². The monoisotopic (exact) mass is 319 g/mol. The summed E-state index contributed by atoms with van der Waals surface area (Å²) in [5, 5.41) is 10.1. The molecule has 0 atom stereocenters. The van der Waals surface area contributed by atoms with Gasteiger partial charge in [0.05, 0.1) is 11.1 Å². The number of rotatable bonds is 3. The summed E-state index contributed by atoms with van der Waals surface area (Å²) in [5.74, 6) is -0.426. The van der Waals surface area contributed by atoms with Gasteiger partial charge in [0.2, 0.25) is 0 Å². The van der Waals surface area contributed by atoms with E-state index >= 15 is 0 Å². The first-order valence-corrected chi connectivity index (χ1v) is 7.25. The number of carboxylic acids is 1. The molecule has 3 nitrogen and oxygen atoms in total. The predicted octanol–water partition coefficient (Wildman–Crippen LogP) is 4.14. The van der Waals surface area contributed by atoms with Crippen LogP contribution in [-0.2, 0) is 6.42 Å². The first-order chi connectivity index (χ1) is 9.10. The van der Waals surface area contributed by atoms with Gasteiger partial charge in [-0.1, -0.05) is 22.9 Å². The zero-order chi connectivity index (χ0) is 13.6. The molecule has 0 saturated heterocycles. The van der Waals surface area contributed by atoms with E-state index in [0.717, 1.165) is 45.9 Å². The summed E-state index contributed by atoms with van der Waals surface area (Å²) in [6, 6.07) is 5.62. The van der Waals surface area contributed by atoms with Crippen molar-refractivity contribution in [1.29, 1.82) is 0 Å². The van der Waals surface area contributed by atoms with Gasteiger partial charge in [-0.05, 0) is 43.0 Å². The number of aromatic nitrogens is 1. The van der Waals surface area contributed by atoms with Gasteiger partial charge in [0.15, 0.2) is 0 Å². The SMILES string of the molecule is CCc1cc(Br)cc2c(C(=O)O)cc(C3CC3)nc12. The Morgan fingerprint density at radius 2 is 2.16 bits per heavy atom. The highest BCUT2D eigenvalue weighted by molar-refractivity contribution is 9.10. The van der Waals surface area contributed by atoms with Gasteiger partial charge in [0.25, 0.3) is 0 Å². The molecule has 1 aliphatic carbocycles. The number of hydrogen-bond donors (Lipinski definition) is 1. The zero-order valence-corrected chi connectivity index (χ0v) is 12.2. The number of carbonyl (C=O) groups is 1. The molecule has 1 aromatic heterocycles. The number of aromatic carboxylic acids is 1. The largest absolute Gasteiger partial charge is 0.478 e. The first kappa shape index (κ1) is 12.6. The zero-order valence-electron chi connectivity index (χ0n) is 10.6. The molecule has 1 fully saturated rings. The number of aryl methyl sites for hydroxylation is 1. The molecule has 0 spiro atoms. The standard InChI is InChI=1S/C15H14BrNO2/c1-2-8-5-10(16)6-11-12(15(18)19)7-13(9-3-4-9)17-14(8)11/h5-7,9H,2-4H2,1H3,(H,18,19). The molecule has 3 rings (SSSR count). The summed E-state index contributed by atoms with van der Waals surface area (Å²) in [6.07, 6.45) is 3.08. The van der Waals surface area contributed by atoms with Crippen LogP contribution >= 0.6 is 15.9 Å². The second-order valence-corrected chi connectivity index (χ2v) is 5.90. The van der Waals surface area contributed by atoms with E-state index in [1.807, 2.05) is 12.1 Å². The smallest absolute Gasteiger partial charge is 0.336 e. The lowest BCUT2D eigenvalue weighted by Crippen LogP contribution is -2.03. The third kappa shape index (κ3) is 2.25. The van der Waals surface area contributed by atoms with Crippen LogP contribution in [0.15, 0.2) is 22.7 Å². The Kier molecular flexibility index (Phi) is 3.05. The quantitative estimate of drug-likeness (QED) is 0.925. The minimum Gasteiger partial charge on any atom is -0.478 e. The van der Waals surface area contributed by atoms with Crippen LogP contribution in [-0.4, -0.2) is 16.1 Å². The van der Waals surface area contributed by atoms with E-state index in [1.165, 1.54) is 0 Å². The third-order valence-electron chi connectivity index (χ3n) is 3.58. The number of benzene rings is 1. The average Bonchev–Trinajstić information content (AvgIpc) is 3.20. The maximum Gasteiger partial charge on any atom is 0.336 e. The Morgan fingerprint density at radius 1 is 1.42 bits per heavy atom. The lowest BCUT2D eigenvalue weighted by atomic mass is 10.0. The minimum absolute atomic E-state index is 0.364. The van der Waals surface area contributed by atoms with Gasteiger partial charge < -0.3 is 5.11 Å². The van der Waals surface area contributed by atoms with Crippen molar-refractivity contribution in [3.05, 3.63) is 39.5 Å². The molecule has 19 heavy (non-hydrogen) atoms. The van der Waals surface area contributed by atoms with Crippen LogP contribution in [0.1, 0.15) is 47.3 Å². The van der Waals surface area contributed by atoms with E-state index in [1.54, 1.807) is 6.07 Å². The van der Waals surface area contributed by atoms with Crippen LogP contribution < -0.4 is 0 Å². The summed E-state index contributed by atoms with van der Waals surface area (Å²) in [5.41, 5.74) is 3.23. The number of pyridine rings is 1. The van der Waals surface area contributed by atoms with Crippen LogP contribution in [0.5, 0.6) is 0 Å². The lowest BCUT2D eigenvalue weighted by molar-refractivity contribution is 0.0699. The van der Waals surface area contributed by atoms with Gasteiger partial charge in [-0.25, -0.2) is 4.79 Å². The fraction of sp³-hybridized carbons (Fsp3) is 0.333. The van der Waals surface area contributed by atoms with E-state index in [9.17, 15) is 9.90 Å². The van der Waals surface area contributed by atoms with Crippen molar-refractivity contribution >= 4 is 32.8 Å². The van der Waals surface area contributed by atoms with Gasteiger partial charge in [-0.2, -0.15) is 0 Å². The second kappa shape index (κ2) is 4.60. The van der Waals surface area contributed by atoms with Crippen LogP contribution in [0.4, 0.5) is 0 Å². The Hall–Kier alpha value is -1.42. The summed E-state index contributed by atoms with van der Waals surface area (Å²) in [6.45, 7) is 2.06. The lowest BCUT2D eigenvalue weighted by Gasteiger charge is -2.10. The molecule has 1 N–H and O–H groups in total. The van der Waals surface area contributed by atoms with Crippen LogP contribution in [0.2, 0.25) is 0 Å². The molecule has 1 aliphatic rings. The average molecular weight is 320 g/mol. The van der Waals surface area contributed by atoms with Crippen molar-refractivity contribution in [2.75, 3.05) is 0 Å². The first-order valence-electron chi connectivity index (χ1n) is 6.46. The molecule has 0 amide bonds. The predicted molar refractivity (Wildman–Crippen MR) is 77.8 cm³/mol. The highest BCUT2D eigenvalue weighted by Crippen LogP contribution is 2.40. The van der Waals surface area contributed by atoms with Gasteiger partial charge in [0, 0.05) is 21.5 Å². The highest BCUT2D eigenvalue weighted by atomic mass is 79.9. The molecule has 4 heteroatoms. The number of carboxylic acid groups (broad SMARTS) is 1. The van der Waals surface area contributed by atoms with Crippen LogP contribution in [0, 0.1) is 0 Å². The van der Waals surface area contributed by atoms with Gasteiger partial charge in [-0.15, -0.1) is 0 Å². The number of halogens is 1. The normalized spacial score (nSPS) is 14.8. The molecule has 0 unspecified atom stereocenters. The fourth-order valence-electron chi connectivity index (χ4n) is 2.41. The van der Waals surface area contributed by atoms with Crippen molar-refractivity contribution in [3.63, 3.8) is 0 Å². The van der Waals surface area contributed by atoms with E-state index in [2.05, 4.69) is 22.9 Å². The molecule has 1 heterocycles. The van der Waals surface area contributed by atoms with Crippen molar-refractivity contribution in [1.82, 2.24) is 4.98 Å². The molecule has 98 valence electrons. The van der Waals surface area contributed by atoms with Crippen molar-refractivity contribution in [2.45, 2.75) is 32.1 Å². The van der Waals surface area contributed by atoms with Gasteiger partial charge in [-0.3, -0.25) is 4.98 Å². The number of fused-ring (bicyclic) bond motifs is 1. The Bertz CT molecular complexity index is 677. The molecule has 0 radical (unpaired) electrons. The van der Waals surface area contributed by atoms with Gasteiger partial charge >= 0.3 is 5.97 Å². The van der Waals surface area contributed by atoms with E-state index in [-0.39, 0.29) is 0 Å². The van der Waals surface area contributed by atoms with E-state index < -0.39 is 5.97 Å². The highest BCUT2D eigenvalue weighted by Gasteiger charge is 2.27. The summed E-state index contributed by atoms with van der Waals surface area (Å²) < 4.78 is 0.903. The number of hydrogen-bond acceptors (Lipinski definition) is 2. The summed E-state index contributed by atoms with van der Waals surface area (Å²) >= 11 is 3.45. The van der Waals surface area contributed by atoms with E-state index in [0.29, 0.717) is 11.5 Å². The van der Waals surface area contributed by atoms with Crippen molar-refractivity contribution in [2.24, 2.45) is 0 Å². The van der Waals surface area contributed by atoms with Crippen molar-refractivity contribution < 1.29 is 9.90 Å². The Labute approximate surface area is 119 Å². The van der Waals surface area contributed by atoms with Crippen LogP contribution in [0.25, 0.3) is 10.9 Å². The maximum absolute atomic E-state index is 11.5. The second-order valence-electron chi connectivity index (χ2n) is 4.99. The summed E-state index contributed by atoms with van der Waals surface area (Å²) in [4.78, 5) is 16.2. The number of nitrogens with zero attached hydrogens (tertiary/aromatic N) is 1.